The first-order chi connectivity index (χ1) is 17.4. The zero-order chi connectivity index (χ0) is 25.5. The van der Waals surface area contributed by atoms with E-state index in [1.807, 2.05) is 30.4 Å². The number of hydrogen-bond acceptors (Lipinski definition) is 8. The molecule has 0 spiro atoms. The predicted molar refractivity (Wildman–Crippen MR) is 143 cm³/mol. The van der Waals surface area contributed by atoms with Crippen LogP contribution < -0.4 is 20.7 Å². The number of benzene rings is 2. The molecular weight excluding hydrogens is 476 g/mol. The number of aromatic nitrogens is 2. The van der Waals surface area contributed by atoms with Gasteiger partial charge in [-0.1, -0.05) is 12.6 Å². The molecule has 10 heteroatoms. The van der Waals surface area contributed by atoms with Crippen LogP contribution in [0.4, 0.5) is 17.3 Å². The Labute approximate surface area is 212 Å². The number of carbonyl (C=O) groups excluding carboxylic acids is 2. The van der Waals surface area contributed by atoms with E-state index in [1.54, 1.807) is 48.5 Å². The van der Waals surface area contributed by atoms with Gasteiger partial charge in [-0.05, 0) is 68.0 Å². The number of ether oxygens (including phenoxy) is 1. The Morgan fingerprint density at radius 1 is 1.08 bits per heavy atom. The Bertz CT molecular complexity index is 1380. The molecule has 0 saturated heterocycles. The van der Waals surface area contributed by atoms with Crippen LogP contribution in [0.1, 0.15) is 10.4 Å². The van der Waals surface area contributed by atoms with Gasteiger partial charge in [0.15, 0.2) is 0 Å². The predicted octanol–water partition coefficient (Wildman–Crippen LogP) is 4.64. The van der Waals surface area contributed by atoms with E-state index in [2.05, 4.69) is 32.5 Å². The average Bonchev–Trinajstić information content (AvgIpc) is 3.33. The molecule has 9 nitrogen and oxygen atoms in total. The van der Waals surface area contributed by atoms with Crippen molar-refractivity contribution in [3.63, 3.8) is 0 Å². The highest BCUT2D eigenvalue weighted by atomic mass is 32.1. The van der Waals surface area contributed by atoms with Crippen LogP contribution in [0.2, 0.25) is 0 Å². The van der Waals surface area contributed by atoms with Gasteiger partial charge in [-0.15, -0.1) is 11.3 Å². The van der Waals surface area contributed by atoms with E-state index in [4.69, 9.17) is 4.74 Å². The number of thiophene rings is 1. The summed E-state index contributed by atoms with van der Waals surface area (Å²) in [6.45, 7) is 4.81. The van der Waals surface area contributed by atoms with Crippen molar-refractivity contribution in [2.24, 2.45) is 0 Å². The Kier molecular flexibility index (Phi) is 7.89. The maximum Gasteiger partial charge on any atom is 0.251 e. The highest BCUT2D eigenvalue weighted by Gasteiger charge is 2.13. The van der Waals surface area contributed by atoms with Gasteiger partial charge in [-0.25, -0.2) is 4.98 Å². The topological polar surface area (TPSA) is 108 Å². The van der Waals surface area contributed by atoms with Crippen LogP contribution in [0.15, 0.2) is 72.6 Å². The number of fused-ring (bicyclic) bond motifs is 1. The molecule has 36 heavy (non-hydrogen) atoms. The average molecular weight is 503 g/mol. The van der Waals surface area contributed by atoms with Crippen molar-refractivity contribution in [1.82, 2.24) is 20.2 Å². The number of nitrogens with zero attached hydrogens (tertiary/aromatic N) is 3. The molecule has 4 rings (SSSR count). The second kappa shape index (κ2) is 11.4. The van der Waals surface area contributed by atoms with Crippen molar-refractivity contribution < 1.29 is 14.3 Å². The van der Waals surface area contributed by atoms with E-state index in [0.29, 0.717) is 35.4 Å². The van der Waals surface area contributed by atoms with Crippen LogP contribution in [0.3, 0.4) is 0 Å². The minimum Gasteiger partial charge on any atom is -0.437 e. The van der Waals surface area contributed by atoms with Gasteiger partial charge in [0.05, 0.1) is 5.52 Å². The molecule has 0 unspecified atom stereocenters. The smallest absolute Gasteiger partial charge is 0.251 e. The summed E-state index contributed by atoms with van der Waals surface area (Å²) in [5.74, 6) is 0.831. The summed E-state index contributed by atoms with van der Waals surface area (Å²) in [6, 6.07) is 16.0. The van der Waals surface area contributed by atoms with Gasteiger partial charge < -0.3 is 25.6 Å². The van der Waals surface area contributed by atoms with Gasteiger partial charge in [0.25, 0.3) is 5.91 Å². The van der Waals surface area contributed by atoms with Crippen molar-refractivity contribution in [2.75, 3.05) is 37.8 Å². The summed E-state index contributed by atoms with van der Waals surface area (Å²) in [6.07, 6.45) is 1.20. The summed E-state index contributed by atoms with van der Waals surface area (Å²) in [5, 5.41) is 10.7. The Morgan fingerprint density at radius 3 is 2.64 bits per heavy atom. The second-order valence-corrected chi connectivity index (χ2v) is 8.99. The fraction of sp³-hybridized carbons (Fsp3) is 0.154. The summed E-state index contributed by atoms with van der Waals surface area (Å²) >= 11 is 1.47. The van der Waals surface area contributed by atoms with Crippen LogP contribution in [-0.2, 0) is 4.79 Å². The van der Waals surface area contributed by atoms with Crippen LogP contribution in [-0.4, -0.2) is 53.9 Å². The monoisotopic (exact) mass is 502 g/mol. The minimum absolute atomic E-state index is 0.124. The van der Waals surface area contributed by atoms with Gasteiger partial charge >= 0.3 is 0 Å². The molecule has 0 radical (unpaired) electrons. The lowest BCUT2D eigenvalue weighted by atomic mass is 10.2. The molecule has 0 fully saturated rings. The maximum absolute atomic E-state index is 12.3. The lowest BCUT2D eigenvalue weighted by Crippen LogP contribution is -2.31. The molecule has 0 aliphatic carbocycles. The van der Waals surface area contributed by atoms with Crippen molar-refractivity contribution in [1.29, 1.82) is 0 Å². The lowest BCUT2D eigenvalue weighted by molar-refractivity contribution is -0.111. The molecule has 2 heterocycles. The molecule has 0 atom stereocenters. The number of anilines is 3. The minimum atomic E-state index is -0.307. The van der Waals surface area contributed by atoms with E-state index >= 15 is 0 Å². The Morgan fingerprint density at radius 2 is 1.89 bits per heavy atom. The third-order valence-electron chi connectivity index (χ3n) is 5.02. The maximum atomic E-state index is 12.3. The fourth-order valence-corrected chi connectivity index (χ4v) is 3.99. The number of rotatable bonds is 10. The van der Waals surface area contributed by atoms with Crippen LogP contribution in [0, 0.1) is 0 Å². The van der Waals surface area contributed by atoms with Gasteiger partial charge in [-0.3, -0.25) is 9.59 Å². The lowest BCUT2D eigenvalue weighted by Gasteiger charge is -2.11. The Hall–Kier alpha value is -4.28. The van der Waals surface area contributed by atoms with Gasteiger partial charge in [-0.2, -0.15) is 4.98 Å². The number of nitrogens with one attached hydrogen (secondary N) is 3. The van der Waals surface area contributed by atoms with E-state index in [9.17, 15) is 9.59 Å². The van der Waals surface area contributed by atoms with Crippen molar-refractivity contribution in [3.8, 4) is 11.6 Å². The number of hydrogen-bond donors (Lipinski definition) is 3. The highest BCUT2D eigenvalue weighted by molar-refractivity contribution is 7.17. The molecule has 2 aromatic carbocycles. The zero-order valence-corrected chi connectivity index (χ0v) is 20.8. The van der Waals surface area contributed by atoms with Crippen LogP contribution in [0.25, 0.3) is 10.2 Å². The summed E-state index contributed by atoms with van der Waals surface area (Å²) in [5.41, 5.74) is 2.62. The van der Waals surface area contributed by atoms with Crippen molar-refractivity contribution in [3.05, 3.63) is 78.2 Å². The molecule has 4 aromatic rings. The number of likely N-dealkylation sites (N-methyl/N-ethyl adjacent to an activating group) is 1. The number of carbonyl (C=O) groups is 2. The van der Waals surface area contributed by atoms with E-state index in [0.717, 1.165) is 22.4 Å². The molecule has 3 N–H and O–H groups in total. The normalized spacial score (nSPS) is 10.8. The molecular formula is C26H26N6O3S. The van der Waals surface area contributed by atoms with Crippen molar-refractivity contribution >= 4 is 50.7 Å². The summed E-state index contributed by atoms with van der Waals surface area (Å²) in [7, 11) is 3.92. The van der Waals surface area contributed by atoms with Gasteiger partial charge in [0.2, 0.25) is 17.7 Å². The first-order valence-corrected chi connectivity index (χ1v) is 12.1. The highest BCUT2D eigenvalue weighted by Crippen LogP contribution is 2.33. The fourth-order valence-electron chi connectivity index (χ4n) is 3.23. The van der Waals surface area contributed by atoms with E-state index in [-0.39, 0.29) is 11.8 Å². The quantitative estimate of drug-likeness (QED) is 0.271. The van der Waals surface area contributed by atoms with Crippen LogP contribution in [0.5, 0.6) is 11.6 Å². The molecule has 2 amide bonds. The molecule has 0 bridgehead atoms. The SMILES string of the molecule is C=CC(=O)Nc1cccc(Oc2nc(Nc3ccc(C(=O)NCCN(C)C)cc3)nc3ccsc23)c1. The molecule has 0 aliphatic heterocycles. The third kappa shape index (κ3) is 6.44. The number of amides is 2. The standard InChI is InChI=1S/C26H26N6O3S/c1-4-22(33)28-19-6-5-7-20(16-19)35-25-23-21(12-15-36-23)30-26(31-25)29-18-10-8-17(9-11-18)24(34)27-13-14-32(2)3/h4-12,15-16H,1,13-14H2,2-3H3,(H,27,34)(H,28,33)(H,29,30,31). The largest absolute Gasteiger partial charge is 0.437 e. The van der Waals surface area contributed by atoms with E-state index in [1.165, 1.54) is 17.4 Å². The summed E-state index contributed by atoms with van der Waals surface area (Å²) < 4.78 is 6.87. The van der Waals surface area contributed by atoms with Gasteiger partial charge in [0.1, 0.15) is 10.4 Å². The third-order valence-corrected chi connectivity index (χ3v) is 5.91. The molecule has 2 aromatic heterocycles. The van der Waals surface area contributed by atoms with Crippen LogP contribution >= 0.6 is 11.3 Å². The molecule has 0 saturated carbocycles. The zero-order valence-electron chi connectivity index (χ0n) is 19.9. The van der Waals surface area contributed by atoms with E-state index < -0.39 is 0 Å². The van der Waals surface area contributed by atoms with Gasteiger partial charge in [0, 0.05) is 36.1 Å². The molecule has 184 valence electrons. The van der Waals surface area contributed by atoms with Crippen molar-refractivity contribution in [2.45, 2.75) is 0 Å². The first-order valence-electron chi connectivity index (χ1n) is 11.2. The molecule has 0 aliphatic rings. The summed E-state index contributed by atoms with van der Waals surface area (Å²) in [4.78, 5) is 35.1. The first kappa shape index (κ1) is 24.8. The second-order valence-electron chi connectivity index (χ2n) is 8.07. The Balaban J connectivity index is 1.50.